The van der Waals surface area contributed by atoms with Crippen molar-refractivity contribution in [3.05, 3.63) is 56.7 Å². The highest BCUT2D eigenvalue weighted by atomic mass is 32.2. The molecular weight excluding hydrogens is 500 g/mol. The van der Waals surface area contributed by atoms with Crippen LogP contribution in [-0.4, -0.2) is 83.4 Å². The summed E-state index contributed by atoms with van der Waals surface area (Å²) in [5, 5.41) is 16.6. The van der Waals surface area contributed by atoms with Gasteiger partial charge in [0.25, 0.3) is 5.56 Å². The van der Waals surface area contributed by atoms with Gasteiger partial charge in [-0.25, -0.2) is 9.78 Å². The summed E-state index contributed by atoms with van der Waals surface area (Å²) in [4.78, 5) is 41.4. The number of aromatic nitrogens is 4. The highest BCUT2D eigenvalue weighted by Gasteiger charge is 2.17. The summed E-state index contributed by atoms with van der Waals surface area (Å²) >= 11 is 0.961. The molecule has 0 atom stereocenters. The van der Waals surface area contributed by atoms with Crippen molar-refractivity contribution in [2.24, 2.45) is 7.05 Å². The predicted molar refractivity (Wildman–Crippen MR) is 138 cm³/mol. The fraction of sp³-hybridized carbons (Fsp3) is 0.500. The summed E-state index contributed by atoms with van der Waals surface area (Å²) in [5.41, 5.74) is 0.434. The number of nitrogens with one attached hydrogen (secondary N) is 2. The molecule has 202 valence electrons. The van der Waals surface area contributed by atoms with Gasteiger partial charge in [-0.15, -0.1) is 0 Å². The Bertz CT molecular complexity index is 1200. The van der Waals surface area contributed by atoms with Crippen LogP contribution >= 0.6 is 11.8 Å². The minimum atomic E-state index is -1.23. The minimum Gasteiger partial charge on any atom is -0.549 e. The van der Waals surface area contributed by atoms with Gasteiger partial charge in [-0.05, 0) is 12.0 Å². The van der Waals surface area contributed by atoms with Crippen molar-refractivity contribution in [2.45, 2.75) is 18.1 Å². The molecule has 2 aliphatic rings. The van der Waals surface area contributed by atoms with Crippen LogP contribution in [-0.2, 0) is 34.3 Å². The molecule has 12 nitrogen and oxygen atoms in total. The van der Waals surface area contributed by atoms with E-state index in [-0.39, 0.29) is 16.9 Å². The number of nitrogens with zero attached hydrogens (tertiary/aromatic N) is 3. The van der Waals surface area contributed by atoms with Crippen LogP contribution in [0.4, 0.5) is 0 Å². The summed E-state index contributed by atoms with van der Waals surface area (Å²) in [5.74, 6) is -1.52. The molecule has 4 heterocycles. The molecular formula is C24H34N6O6S. The summed E-state index contributed by atoms with van der Waals surface area (Å²) in [6.45, 7) is 8.46. The lowest BCUT2D eigenvalue weighted by Gasteiger charge is -2.10. The molecule has 0 unspecified atom stereocenters. The van der Waals surface area contributed by atoms with Crippen LogP contribution < -0.4 is 27.0 Å². The van der Waals surface area contributed by atoms with Gasteiger partial charge < -0.3 is 34.6 Å². The fourth-order valence-electron chi connectivity index (χ4n) is 3.64. The molecule has 2 aromatic heterocycles. The van der Waals surface area contributed by atoms with Gasteiger partial charge in [0.1, 0.15) is 0 Å². The second kappa shape index (κ2) is 15.3. The third kappa shape index (κ3) is 9.13. The molecule has 0 amide bonds. The number of aromatic amines is 1. The molecule has 0 saturated carbocycles. The van der Waals surface area contributed by atoms with Crippen LogP contribution in [0.15, 0.2) is 45.1 Å². The number of fused-ring (bicyclic) bond motifs is 1. The van der Waals surface area contributed by atoms with E-state index in [1.54, 1.807) is 4.57 Å². The van der Waals surface area contributed by atoms with E-state index < -0.39 is 17.2 Å². The molecule has 4 N–H and O–H groups in total. The molecule has 0 aliphatic carbocycles. The number of morpholine rings is 2. The first kappa shape index (κ1) is 28.6. The maximum absolute atomic E-state index is 12.3. The Kier molecular flexibility index (Phi) is 11.8. The van der Waals surface area contributed by atoms with Gasteiger partial charge in [0.15, 0.2) is 16.3 Å². The molecule has 13 heteroatoms. The van der Waals surface area contributed by atoms with Gasteiger partial charge in [0.05, 0.1) is 45.5 Å². The lowest BCUT2D eigenvalue weighted by molar-refractivity contribution is -0.670. The van der Waals surface area contributed by atoms with E-state index in [0.29, 0.717) is 18.1 Å². The normalized spacial score (nSPS) is 15.3. The quantitative estimate of drug-likeness (QED) is 0.295. The number of thioether (sulfide) groups is 1. The smallest absolute Gasteiger partial charge is 0.329 e. The SMILES string of the molecule is C1COCCN1.C1COCC[NH2+]1.Cn1c(=O)[nH]c(=O)c2c1nc(SCC(=O)[O-])n2CCc1ccccc1. The standard InChI is InChI=1S/C16H16N4O4S.2C4H9NO/c1-19-13-12(14(23)18-15(19)24)20(16(17-13)25-9-11(21)22)8-7-10-5-3-2-4-6-10;2*1-3-6-4-2-5-1/h2-6H,7-9H2,1H3,(H,21,22)(H,18,23,24);2*5H,1-4H2. The highest BCUT2D eigenvalue weighted by molar-refractivity contribution is 7.99. The topological polar surface area (TPSA) is 160 Å². The van der Waals surface area contributed by atoms with Crippen molar-refractivity contribution in [3.63, 3.8) is 0 Å². The molecule has 2 saturated heterocycles. The second-order valence-corrected chi connectivity index (χ2v) is 9.22. The molecule has 0 bridgehead atoms. The first-order valence-electron chi connectivity index (χ1n) is 12.2. The van der Waals surface area contributed by atoms with Crippen molar-refractivity contribution >= 4 is 28.9 Å². The van der Waals surface area contributed by atoms with Gasteiger partial charge in [-0.3, -0.25) is 14.3 Å². The van der Waals surface area contributed by atoms with Crippen LogP contribution in [0, 0.1) is 0 Å². The molecule has 0 spiro atoms. The number of H-pyrrole nitrogens is 1. The zero-order chi connectivity index (χ0) is 26.5. The minimum absolute atomic E-state index is 0.225. The zero-order valence-corrected chi connectivity index (χ0v) is 21.8. The van der Waals surface area contributed by atoms with Crippen molar-refractivity contribution in [1.82, 2.24) is 24.4 Å². The Morgan fingerprint density at radius 1 is 1.11 bits per heavy atom. The number of carboxylic acid groups (broad SMARTS) is 1. The van der Waals surface area contributed by atoms with Crippen molar-refractivity contribution in [3.8, 4) is 0 Å². The maximum Gasteiger partial charge on any atom is 0.329 e. The Morgan fingerprint density at radius 2 is 1.78 bits per heavy atom. The summed E-state index contributed by atoms with van der Waals surface area (Å²) in [6, 6.07) is 9.69. The van der Waals surface area contributed by atoms with Crippen LogP contribution in [0.3, 0.4) is 0 Å². The molecule has 2 aliphatic heterocycles. The number of benzene rings is 1. The molecule has 37 heavy (non-hydrogen) atoms. The lowest BCUT2D eigenvalue weighted by atomic mass is 10.1. The Morgan fingerprint density at radius 3 is 2.30 bits per heavy atom. The number of aryl methyl sites for hydroxylation is 3. The Labute approximate surface area is 218 Å². The van der Waals surface area contributed by atoms with Crippen molar-refractivity contribution < 1.29 is 24.7 Å². The number of carboxylic acids is 1. The number of rotatable bonds is 6. The van der Waals surface area contributed by atoms with Crippen LogP contribution in [0.1, 0.15) is 5.56 Å². The average molecular weight is 535 g/mol. The van der Waals surface area contributed by atoms with Gasteiger partial charge in [0, 0.05) is 32.4 Å². The summed E-state index contributed by atoms with van der Waals surface area (Å²) < 4.78 is 12.9. The first-order chi connectivity index (χ1) is 18.0. The second-order valence-electron chi connectivity index (χ2n) is 8.27. The Balaban J connectivity index is 0.000000257. The van der Waals surface area contributed by atoms with E-state index in [1.807, 2.05) is 30.3 Å². The number of nitrogens with two attached hydrogens (primary N) is 1. The van der Waals surface area contributed by atoms with E-state index >= 15 is 0 Å². The molecule has 1 aromatic carbocycles. The first-order valence-corrected chi connectivity index (χ1v) is 13.2. The number of imidazole rings is 1. The molecule has 0 radical (unpaired) electrons. The summed E-state index contributed by atoms with van der Waals surface area (Å²) in [7, 11) is 1.50. The van der Waals surface area contributed by atoms with E-state index in [0.717, 1.165) is 69.9 Å². The van der Waals surface area contributed by atoms with Gasteiger partial charge in [-0.1, -0.05) is 42.1 Å². The Hall–Kier alpha value is -2.97. The average Bonchev–Trinajstić information content (AvgIpc) is 3.32. The molecule has 2 fully saturated rings. The van der Waals surface area contributed by atoms with Crippen molar-refractivity contribution in [1.29, 1.82) is 0 Å². The third-order valence-corrected chi connectivity index (χ3v) is 6.49. The van der Waals surface area contributed by atoms with Crippen molar-refractivity contribution in [2.75, 3.05) is 58.4 Å². The van der Waals surface area contributed by atoms with Gasteiger partial charge in [-0.2, -0.15) is 0 Å². The number of ether oxygens (including phenoxy) is 2. The zero-order valence-electron chi connectivity index (χ0n) is 20.9. The van der Waals surface area contributed by atoms with E-state index in [2.05, 4.69) is 20.6 Å². The number of quaternary nitrogens is 1. The number of hydrogen-bond donors (Lipinski definition) is 3. The van der Waals surface area contributed by atoms with E-state index in [4.69, 9.17) is 9.47 Å². The van der Waals surface area contributed by atoms with Crippen LogP contribution in [0.5, 0.6) is 0 Å². The predicted octanol–water partition coefficient (Wildman–Crippen LogP) is -2.31. The number of carbonyl (C=O) groups excluding carboxylic acids is 1. The largest absolute Gasteiger partial charge is 0.549 e. The third-order valence-electron chi connectivity index (χ3n) is 5.54. The monoisotopic (exact) mass is 534 g/mol. The highest BCUT2D eigenvalue weighted by Crippen LogP contribution is 2.21. The van der Waals surface area contributed by atoms with Gasteiger partial charge >= 0.3 is 5.69 Å². The van der Waals surface area contributed by atoms with Crippen LogP contribution in [0.25, 0.3) is 11.2 Å². The molecule has 5 rings (SSSR count). The summed E-state index contributed by atoms with van der Waals surface area (Å²) in [6.07, 6.45) is 0.632. The molecule has 3 aromatic rings. The number of aliphatic carboxylic acids is 1. The van der Waals surface area contributed by atoms with E-state index in [9.17, 15) is 19.5 Å². The number of hydrogen-bond acceptors (Lipinski definition) is 9. The lowest BCUT2D eigenvalue weighted by Crippen LogP contribution is -2.87. The van der Waals surface area contributed by atoms with Crippen LogP contribution in [0.2, 0.25) is 0 Å². The fourth-order valence-corrected chi connectivity index (χ4v) is 4.37. The van der Waals surface area contributed by atoms with Gasteiger partial charge in [0.2, 0.25) is 0 Å². The van der Waals surface area contributed by atoms with E-state index in [1.165, 1.54) is 11.6 Å². The maximum atomic E-state index is 12.3. The number of carbonyl (C=O) groups is 1.